The number of aromatic nitrogens is 3. The van der Waals surface area contributed by atoms with Gasteiger partial charge in [0.25, 0.3) is 0 Å². The number of H-pyrrole nitrogens is 1. The maximum absolute atomic E-state index is 4.61. The van der Waals surface area contributed by atoms with Gasteiger partial charge < -0.3 is 0 Å². The van der Waals surface area contributed by atoms with Crippen molar-refractivity contribution in [2.24, 2.45) is 5.92 Å². The lowest BCUT2D eigenvalue weighted by atomic mass is 9.87. The summed E-state index contributed by atoms with van der Waals surface area (Å²) >= 11 is 0. The Balaban J connectivity index is 1.69. The summed E-state index contributed by atoms with van der Waals surface area (Å²) in [5, 5.41) is 7.41. The Hall–Kier alpha value is -1.64. The van der Waals surface area contributed by atoms with Gasteiger partial charge >= 0.3 is 0 Å². The van der Waals surface area contributed by atoms with Crippen LogP contribution in [0.3, 0.4) is 0 Å². The van der Waals surface area contributed by atoms with Crippen LogP contribution in [0.2, 0.25) is 0 Å². The lowest BCUT2D eigenvalue weighted by Crippen LogP contribution is -2.10. The molecule has 0 radical (unpaired) electrons. The fraction of sp³-hybridized carbons (Fsp3) is 0.467. The second-order valence-corrected chi connectivity index (χ2v) is 5.18. The van der Waals surface area contributed by atoms with E-state index in [0.29, 0.717) is 0 Å². The molecular formula is C15H19N3. The Labute approximate surface area is 108 Å². The fourth-order valence-corrected chi connectivity index (χ4v) is 2.77. The minimum absolute atomic E-state index is 0.801. The third-order valence-electron chi connectivity index (χ3n) is 3.77. The molecule has 0 saturated heterocycles. The van der Waals surface area contributed by atoms with Crippen LogP contribution < -0.4 is 0 Å². The van der Waals surface area contributed by atoms with Crippen LogP contribution in [-0.2, 0) is 6.42 Å². The predicted octanol–water partition coefficient (Wildman–Crippen LogP) is 3.59. The zero-order valence-corrected chi connectivity index (χ0v) is 10.6. The van der Waals surface area contributed by atoms with Crippen LogP contribution in [0, 0.1) is 5.92 Å². The number of benzene rings is 1. The van der Waals surface area contributed by atoms with Crippen molar-refractivity contribution in [2.75, 3.05) is 0 Å². The molecule has 94 valence electrons. The fourth-order valence-electron chi connectivity index (χ4n) is 2.77. The maximum atomic E-state index is 4.61. The second-order valence-electron chi connectivity index (χ2n) is 5.18. The van der Waals surface area contributed by atoms with Crippen LogP contribution in [0.5, 0.6) is 0 Å². The lowest BCUT2D eigenvalue weighted by molar-refractivity contribution is 0.352. The van der Waals surface area contributed by atoms with Gasteiger partial charge in [0, 0.05) is 12.0 Å². The molecule has 1 saturated carbocycles. The summed E-state index contributed by atoms with van der Waals surface area (Å²) in [4.78, 5) is 4.61. The third kappa shape index (κ3) is 2.61. The topological polar surface area (TPSA) is 41.6 Å². The van der Waals surface area contributed by atoms with Crippen LogP contribution >= 0.6 is 0 Å². The van der Waals surface area contributed by atoms with Crippen LogP contribution in [0.25, 0.3) is 11.4 Å². The van der Waals surface area contributed by atoms with Crippen molar-refractivity contribution < 1.29 is 0 Å². The van der Waals surface area contributed by atoms with Crippen LogP contribution in [0.1, 0.15) is 37.9 Å². The van der Waals surface area contributed by atoms with E-state index >= 15 is 0 Å². The first-order chi connectivity index (χ1) is 8.92. The average molecular weight is 241 g/mol. The Morgan fingerprint density at radius 2 is 1.83 bits per heavy atom. The van der Waals surface area contributed by atoms with Gasteiger partial charge in [-0.1, -0.05) is 62.4 Å². The molecule has 0 aliphatic heterocycles. The van der Waals surface area contributed by atoms with E-state index in [-0.39, 0.29) is 0 Å². The summed E-state index contributed by atoms with van der Waals surface area (Å²) in [5.41, 5.74) is 1.09. The van der Waals surface area contributed by atoms with Gasteiger partial charge in [-0.3, -0.25) is 5.10 Å². The summed E-state index contributed by atoms with van der Waals surface area (Å²) in [6.07, 6.45) is 7.92. The summed E-state index contributed by atoms with van der Waals surface area (Å²) in [6.45, 7) is 0. The highest BCUT2D eigenvalue weighted by Crippen LogP contribution is 2.26. The summed E-state index contributed by atoms with van der Waals surface area (Å²) < 4.78 is 0. The molecule has 0 bridgehead atoms. The molecule has 3 heteroatoms. The van der Waals surface area contributed by atoms with E-state index in [9.17, 15) is 0 Å². The zero-order valence-electron chi connectivity index (χ0n) is 10.6. The highest BCUT2D eigenvalue weighted by molar-refractivity contribution is 5.53. The Morgan fingerprint density at radius 1 is 1.06 bits per heavy atom. The average Bonchev–Trinajstić information content (AvgIpc) is 2.89. The number of hydrogen-bond donors (Lipinski definition) is 1. The van der Waals surface area contributed by atoms with Crippen molar-refractivity contribution in [3.8, 4) is 11.4 Å². The molecule has 18 heavy (non-hydrogen) atoms. The first-order valence-electron chi connectivity index (χ1n) is 6.88. The summed E-state index contributed by atoms with van der Waals surface area (Å²) in [7, 11) is 0. The van der Waals surface area contributed by atoms with E-state index in [4.69, 9.17) is 0 Å². The van der Waals surface area contributed by atoms with Crippen LogP contribution in [-0.4, -0.2) is 15.2 Å². The Bertz CT molecular complexity index is 483. The largest absolute Gasteiger partial charge is 0.263 e. The van der Waals surface area contributed by atoms with Crippen LogP contribution in [0.15, 0.2) is 30.3 Å². The predicted molar refractivity (Wildman–Crippen MR) is 72.1 cm³/mol. The van der Waals surface area contributed by atoms with Crippen molar-refractivity contribution in [3.05, 3.63) is 36.2 Å². The molecule has 3 nitrogen and oxygen atoms in total. The van der Waals surface area contributed by atoms with Crippen molar-refractivity contribution in [1.82, 2.24) is 15.2 Å². The van der Waals surface area contributed by atoms with E-state index in [0.717, 1.165) is 29.6 Å². The quantitative estimate of drug-likeness (QED) is 0.892. The first kappa shape index (κ1) is 11.5. The highest BCUT2D eigenvalue weighted by Gasteiger charge is 2.16. The lowest BCUT2D eigenvalue weighted by Gasteiger charge is -2.19. The molecule has 2 aromatic rings. The van der Waals surface area contributed by atoms with E-state index in [1.165, 1.54) is 32.1 Å². The number of nitrogens with one attached hydrogen (secondary N) is 1. The second kappa shape index (κ2) is 5.34. The molecule has 0 unspecified atom stereocenters. The van der Waals surface area contributed by atoms with Gasteiger partial charge in [-0.15, -0.1) is 0 Å². The first-order valence-corrected chi connectivity index (χ1v) is 6.88. The van der Waals surface area contributed by atoms with Gasteiger partial charge in [0.05, 0.1) is 0 Å². The molecule has 1 aromatic carbocycles. The van der Waals surface area contributed by atoms with Gasteiger partial charge in [-0.05, 0) is 5.92 Å². The smallest absolute Gasteiger partial charge is 0.181 e. The summed E-state index contributed by atoms with van der Waals surface area (Å²) in [5.74, 6) is 2.66. The monoisotopic (exact) mass is 241 g/mol. The molecule has 0 atom stereocenters. The Kier molecular flexibility index (Phi) is 3.40. The normalized spacial score (nSPS) is 16.9. The highest BCUT2D eigenvalue weighted by atomic mass is 15.2. The molecule has 1 aliphatic carbocycles. The van der Waals surface area contributed by atoms with Gasteiger partial charge in [-0.2, -0.15) is 5.10 Å². The van der Waals surface area contributed by atoms with Crippen LogP contribution in [0.4, 0.5) is 0 Å². The van der Waals surface area contributed by atoms with Gasteiger partial charge in [-0.25, -0.2) is 4.98 Å². The zero-order chi connectivity index (χ0) is 12.2. The van der Waals surface area contributed by atoms with E-state index in [1.54, 1.807) is 0 Å². The van der Waals surface area contributed by atoms with E-state index < -0.39 is 0 Å². The molecular weight excluding hydrogens is 222 g/mol. The van der Waals surface area contributed by atoms with Gasteiger partial charge in [0.15, 0.2) is 5.82 Å². The van der Waals surface area contributed by atoms with E-state index in [2.05, 4.69) is 15.2 Å². The molecule has 1 aromatic heterocycles. The molecule has 1 fully saturated rings. The number of hydrogen-bond acceptors (Lipinski definition) is 2. The van der Waals surface area contributed by atoms with Crippen molar-refractivity contribution in [3.63, 3.8) is 0 Å². The standard InChI is InChI=1S/C15H19N3/c1-3-7-12(8-4-1)11-14-16-15(18-17-14)13-9-5-2-6-10-13/h2,5-6,9-10,12H,1,3-4,7-8,11H2,(H,16,17,18). The molecule has 1 aliphatic rings. The minimum atomic E-state index is 0.801. The number of rotatable bonds is 3. The van der Waals surface area contributed by atoms with Crippen molar-refractivity contribution in [2.45, 2.75) is 38.5 Å². The maximum Gasteiger partial charge on any atom is 0.181 e. The van der Waals surface area contributed by atoms with Crippen molar-refractivity contribution in [1.29, 1.82) is 0 Å². The van der Waals surface area contributed by atoms with E-state index in [1.807, 2.05) is 30.3 Å². The molecule has 0 amide bonds. The van der Waals surface area contributed by atoms with Gasteiger partial charge in [0.2, 0.25) is 0 Å². The summed E-state index contributed by atoms with van der Waals surface area (Å²) in [6, 6.07) is 10.2. The number of nitrogens with zero attached hydrogens (tertiary/aromatic N) is 2. The van der Waals surface area contributed by atoms with Gasteiger partial charge in [0.1, 0.15) is 5.82 Å². The van der Waals surface area contributed by atoms with Crippen molar-refractivity contribution >= 4 is 0 Å². The molecule has 1 N–H and O–H groups in total. The minimum Gasteiger partial charge on any atom is -0.263 e. The number of aromatic amines is 1. The Morgan fingerprint density at radius 3 is 2.61 bits per heavy atom. The third-order valence-corrected chi connectivity index (χ3v) is 3.77. The molecule has 0 spiro atoms. The molecule has 3 rings (SSSR count). The SMILES string of the molecule is c1ccc(-c2n[nH]c(CC3CCCCC3)n2)cc1. The molecule has 1 heterocycles.